The lowest BCUT2D eigenvalue weighted by atomic mass is 10.2. The molecule has 1 aromatic carbocycles. The number of benzene rings is 1. The van der Waals surface area contributed by atoms with Crippen LogP contribution in [0, 0.1) is 18.7 Å². The van der Waals surface area contributed by atoms with Crippen molar-refractivity contribution in [3.05, 3.63) is 29.6 Å². The van der Waals surface area contributed by atoms with E-state index in [-0.39, 0.29) is 22.3 Å². The molecule has 0 amide bonds. The molecular weight excluding hydrogens is 311 g/mol. The van der Waals surface area contributed by atoms with E-state index in [0.29, 0.717) is 18.5 Å². The van der Waals surface area contributed by atoms with E-state index in [0.717, 1.165) is 6.07 Å². The molecule has 0 atom stereocenters. The predicted octanol–water partition coefficient (Wildman–Crippen LogP) is 2.46. The van der Waals surface area contributed by atoms with Gasteiger partial charge < -0.3 is 5.73 Å². The lowest BCUT2D eigenvalue weighted by Crippen LogP contribution is -2.36. The summed E-state index contributed by atoms with van der Waals surface area (Å²) in [6, 6.07) is 3.67. The molecule has 0 saturated heterocycles. The van der Waals surface area contributed by atoms with Crippen molar-refractivity contribution in [1.29, 1.82) is 0 Å². The van der Waals surface area contributed by atoms with Crippen LogP contribution in [0.5, 0.6) is 0 Å². The van der Waals surface area contributed by atoms with E-state index in [1.54, 1.807) is 6.92 Å². The topological polar surface area (TPSA) is 63.4 Å². The summed E-state index contributed by atoms with van der Waals surface area (Å²) >= 11 is 4.82. The Kier molecular flexibility index (Phi) is 6.24. The summed E-state index contributed by atoms with van der Waals surface area (Å²) in [5.74, 6) is -0.295. The zero-order valence-electron chi connectivity index (χ0n) is 12.5. The van der Waals surface area contributed by atoms with Crippen molar-refractivity contribution in [3.8, 4) is 0 Å². The lowest BCUT2D eigenvalue weighted by Gasteiger charge is -2.24. The minimum absolute atomic E-state index is 0.118. The van der Waals surface area contributed by atoms with Crippen LogP contribution >= 0.6 is 12.2 Å². The van der Waals surface area contributed by atoms with Gasteiger partial charge in [-0.05, 0) is 36.6 Å². The van der Waals surface area contributed by atoms with Crippen molar-refractivity contribution in [2.24, 2.45) is 11.7 Å². The van der Waals surface area contributed by atoms with Gasteiger partial charge in [-0.3, -0.25) is 0 Å². The molecular formula is C14H21FN2O2S2. The maximum absolute atomic E-state index is 13.2. The normalized spacial score (nSPS) is 12.1. The van der Waals surface area contributed by atoms with E-state index in [2.05, 4.69) is 0 Å². The highest BCUT2D eigenvalue weighted by Gasteiger charge is 2.26. The highest BCUT2D eigenvalue weighted by Crippen LogP contribution is 2.22. The fourth-order valence-corrected chi connectivity index (χ4v) is 3.89. The van der Waals surface area contributed by atoms with Crippen LogP contribution in [0.1, 0.15) is 25.8 Å². The monoisotopic (exact) mass is 332 g/mol. The van der Waals surface area contributed by atoms with Crippen LogP contribution in [0.3, 0.4) is 0 Å². The van der Waals surface area contributed by atoms with Crippen molar-refractivity contribution >= 4 is 27.2 Å². The standard InChI is InChI=1S/C14H21FN2O2S2/c1-10(2)9-17(7-6-14(16)20)21(18,19)13-5-4-12(15)8-11(13)3/h4-5,8,10H,6-7,9H2,1-3H3,(H2,16,20). The molecule has 1 aromatic rings. The summed E-state index contributed by atoms with van der Waals surface area (Å²) in [7, 11) is -3.69. The molecule has 21 heavy (non-hydrogen) atoms. The van der Waals surface area contributed by atoms with Gasteiger partial charge in [0.15, 0.2) is 0 Å². The smallest absolute Gasteiger partial charge is 0.243 e. The summed E-state index contributed by atoms with van der Waals surface area (Å²) in [5.41, 5.74) is 5.85. The van der Waals surface area contributed by atoms with Gasteiger partial charge in [0.2, 0.25) is 10.0 Å². The Morgan fingerprint density at radius 3 is 2.52 bits per heavy atom. The number of hydrogen-bond acceptors (Lipinski definition) is 3. The Balaban J connectivity index is 3.16. The van der Waals surface area contributed by atoms with Crippen molar-refractivity contribution < 1.29 is 12.8 Å². The molecule has 118 valence electrons. The Hall–Kier alpha value is -1.05. The highest BCUT2D eigenvalue weighted by molar-refractivity contribution is 7.89. The molecule has 0 spiro atoms. The number of aryl methyl sites for hydroxylation is 1. The Morgan fingerprint density at radius 2 is 2.05 bits per heavy atom. The molecule has 1 rings (SSSR count). The first kappa shape index (κ1) is 18.0. The van der Waals surface area contributed by atoms with Gasteiger partial charge in [-0.2, -0.15) is 4.31 Å². The molecule has 0 fully saturated rings. The summed E-state index contributed by atoms with van der Waals surface area (Å²) in [4.78, 5) is 0.391. The fraction of sp³-hybridized carbons (Fsp3) is 0.500. The zero-order valence-corrected chi connectivity index (χ0v) is 14.1. The largest absolute Gasteiger partial charge is 0.393 e. The molecule has 0 saturated carbocycles. The summed E-state index contributed by atoms with van der Waals surface area (Å²) in [6.07, 6.45) is 0.321. The second-order valence-corrected chi connectivity index (χ2v) is 7.81. The molecule has 0 unspecified atom stereocenters. The summed E-state index contributed by atoms with van der Waals surface area (Å²) in [6.45, 7) is 6.03. The van der Waals surface area contributed by atoms with Crippen LogP contribution < -0.4 is 5.73 Å². The number of nitrogens with zero attached hydrogens (tertiary/aromatic N) is 1. The van der Waals surface area contributed by atoms with E-state index in [1.165, 1.54) is 16.4 Å². The lowest BCUT2D eigenvalue weighted by molar-refractivity contribution is 0.374. The highest BCUT2D eigenvalue weighted by atomic mass is 32.2. The van der Waals surface area contributed by atoms with Crippen LogP contribution in [-0.4, -0.2) is 30.8 Å². The average Bonchev–Trinajstić information content (AvgIpc) is 2.33. The molecule has 0 heterocycles. The number of rotatable bonds is 7. The molecule has 0 aromatic heterocycles. The molecule has 0 aliphatic rings. The predicted molar refractivity (Wildman–Crippen MR) is 86.1 cm³/mol. The Bertz CT molecular complexity index is 615. The Morgan fingerprint density at radius 1 is 1.43 bits per heavy atom. The third-order valence-electron chi connectivity index (χ3n) is 2.93. The van der Waals surface area contributed by atoms with Crippen LogP contribution in [0.15, 0.2) is 23.1 Å². The van der Waals surface area contributed by atoms with Gasteiger partial charge in [-0.15, -0.1) is 0 Å². The van der Waals surface area contributed by atoms with E-state index >= 15 is 0 Å². The van der Waals surface area contributed by atoms with Gasteiger partial charge in [0.25, 0.3) is 0 Å². The number of thiocarbonyl (C=S) groups is 1. The molecule has 0 aliphatic heterocycles. The van der Waals surface area contributed by atoms with Gasteiger partial charge in [-0.1, -0.05) is 26.1 Å². The van der Waals surface area contributed by atoms with Crippen molar-refractivity contribution in [2.75, 3.05) is 13.1 Å². The summed E-state index contributed by atoms with van der Waals surface area (Å²) < 4.78 is 40.0. The number of nitrogens with two attached hydrogens (primary N) is 1. The van der Waals surface area contributed by atoms with Crippen molar-refractivity contribution in [3.63, 3.8) is 0 Å². The van der Waals surface area contributed by atoms with E-state index < -0.39 is 15.8 Å². The first-order chi connectivity index (χ1) is 9.64. The van der Waals surface area contributed by atoms with Crippen LogP contribution in [-0.2, 0) is 10.0 Å². The van der Waals surface area contributed by atoms with E-state index in [9.17, 15) is 12.8 Å². The average molecular weight is 332 g/mol. The third-order valence-corrected chi connectivity index (χ3v) is 5.16. The van der Waals surface area contributed by atoms with E-state index in [1.807, 2.05) is 13.8 Å². The van der Waals surface area contributed by atoms with Gasteiger partial charge >= 0.3 is 0 Å². The third kappa shape index (κ3) is 5.01. The first-order valence-corrected chi connectivity index (χ1v) is 8.54. The quantitative estimate of drug-likeness (QED) is 0.779. The molecule has 0 radical (unpaired) electrons. The van der Waals surface area contributed by atoms with Gasteiger partial charge in [0.1, 0.15) is 5.82 Å². The number of halogens is 1. The maximum Gasteiger partial charge on any atom is 0.243 e. The van der Waals surface area contributed by atoms with Crippen LogP contribution in [0.2, 0.25) is 0 Å². The Labute approximate surface area is 131 Å². The second-order valence-electron chi connectivity index (χ2n) is 5.38. The number of sulfonamides is 1. The first-order valence-electron chi connectivity index (χ1n) is 6.69. The zero-order chi connectivity index (χ0) is 16.2. The van der Waals surface area contributed by atoms with Crippen LogP contribution in [0.4, 0.5) is 4.39 Å². The van der Waals surface area contributed by atoms with Gasteiger partial charge in [0.05, 0.1) is 9.88 Å². The molecule has 2 N–H and O–H groups in total. The number of hydrogen-bond donors (Lipinski definition) is 1. The fourth-order valence-electron chi connectivity index (χ4n) is 1.99. The van der Waals surface area contributed by atoms with Gasteiger partial charge in [0, 0.05) is 19.5 Å². The van der Waals surface area contributed by atoms with Gasteiger partial charge in [-0.25, -0.2) is 12.8 Å². The maximum atomic E-state index is 13.2. The van der Waals surface area contributed by atoms with Crippen LogP contribution in [0.25, 0.3) is 0 Å². The molecule has 0 bridgehead atoms. The summed E-state index contributed by atoms with van der Waals surface area (Å²) in [5, 5.41) is 0. The minimum Gasteiger partial charge on any atom is -0.393 e. The van der Waals surface area contributed by atoms with Crippen molar-refractivity contribution in [1.82, 2.24) is 4.31 Å². The molecule has 0 aliphatic carbocycles. The van der Waals surface area contributed by atoms with E-state index in [4.69, 9.17) is 18.0 Å². The molecule has 4 nitrogen and oxygen atoms in total. The second kappa shape index (κ2) is 7.29. The SMILES string of the molecule is Cc1cc(F)ccc1S(=O)(=O)N(CCC(N)=S)CC(C)C. The minimum atomic E-state index is -3.69. The van der Waals surface area contributed by atoms with Crippen molar-refractivity contribution in [2.45, 2.75) is 32.1 Å². The molecule has 7 heteroatoms.